The highest BCUT2D eigenvalue weighted by Gasteiger charge is 2.22. The summed E-state index contributed by atoms with van der Waals surface area (Å²) in [6.07, 6.45) is 2.16. The van der Waals surface area contributed by atoms with Crippen LogP contribution in [0.5, 0.6) is 0 Å². The lowest BCUT2D eigenvalue weighted by Crippen LogP contribution is -2.28. The topological polar surface area (TPSA) is 3.24 Å². The molecule has 0 saturated heterocycles. The molecule has 2 aromatic carbocycles. The Morgan fingerprint density at radius 1 is 1.00 bits per heavy atom. The third-order valence-electron chi connectivity index (χ3n) is 4.57. The van der Waals surface area contributed by atoms with E-state index in [1.165, 1.54) is 22.3 Å². The maximum absolute atomic E-state index is 6.09. The zero-order chi connectivity index (χ0) is 15.7. The van der Waals surface area contributed by atoms with Gasteiger partial charge in [0.1, 0.15) is 0 Å². The molecule has 1 nitrogen and oxygen atoms in total. The first-order chi connectivity index (χ1) is 10.5. The number of aryl methyl sites for hydroxylation is 2. The molecule has 1 aliphatic heterocycles. The maximum atomic E-state index is 6.09. The average Bonchev–Trinajstić information content (AvgIpc) is 2.91. The number of benzene rings is 2. The van der Waals surface area contributed by atoms with Crippen LogP contribution in [0.1, 0.15) is 35.6 Å². The van der Waals surface area contributed by atoms with Crippen LogP contribution in [-0.2, 0) is 19.5 Å². The predicted molar refractivity (Wildman–Crippen MR) is 94.7 cm³/mol. The van der Waals surface area contributed by atoms with Crippen molar-refractivity contribution in [1.29, 1.82) is 0 Å². The smallest absolute Gasteiger partial charge is 0.0595 e. The standard InChI is InChI=1S/C19H21Cl2N/c1-13-3-7-16-11-22(12-17(16)9-13)14(2)4-5-15-6-8-18(20)19(21)10-15/h3,6-10,14H,4-5,11-12H2,1-2H3/t14-/m1/s1. The largest absolute Gasteiger partial charge is 0.292 e. The third-order valence-corrected chi connectivity index (χ3v) is 5.31. The third kappa shape index (κ3) is 3.48. The zero-order valence-electron chi connectivity index (χ0n) is 13.1. The number of halogens is 2. The molecule has 3 heteroatoms. The molecule has 0 unspecified atom stereocenters. The van der Waals surface area contributed by atoms with Gasteiger partial charge >= 0.3 is 0 Å². The summed E-state index contributed by atoms with van der Waals surface area (Å²) in [5.74, 6) is 0. The fourth-order valence-electron chi connectivity index (χ4n) is 3.11. The number of rotatable bonds is 4. The fraction of sp³-hybridized carbons (Fsp3) is 0.368. The molecule has 1 atom stereocenters. The lowest BCUT2D eigenvalue weighted by Gasteiger charge is -2.23. The minimum absolute atomic E-state index is 0.558. The molecule has 0 saturated carbocycles. The number of hydrogen-bond acceptors (Lipinski definition) is 1. The highest BCUT2D eigenvalue weighted by Crippen LogP contribution is 2.27. The second kappa shape index (κ2) is 6.62. The number of nitrogens with zero attached hydrogens (tertiary/aromatic N) is 1. The molecule has 0 amide bonds. The Morgan fingerprint density at radius 3 is 2.55 bits per heavy atom. The van der Waals surface area contributed by atoms with Crippen LogP contribution in [0.2, 0.25) is 10.0 Å². The summed E-state index contributed by atoms with van der Waals surface area (Å²) in [4.78, 5) is 2.56. The zero-order valence-corrected chi connectivity index (χ0v) is 14.6. The van der Waals surface area contributed by atoms with Crippen molar-refractivity contribution in [3.8, 4) is 0 Å². The molecule has 116 valence electrons. The Morgan fingerprint density at radius 2 is 1.77 bits per heavy atom. The molecule has 22 heavy (non-hydrogen) atoms. The van der Waals surface area contributed by atoms with Crippen molar-refractivity contribution in [2.45, 2.75) is 45.8 Å². The van der Waals surface area contributed by atoms with E-state index in [1.807, 2.05) is 12.1 Å². The SMILES string of the molecule is Cc1ccc2c(c1)CN([C@H](C)CCc1ccc(Cl)c(Cl)c1)C2. The molecule has 2 aromatic rings. The van der Waals surface area contributed by atoms with Crippen molar-refractivity contribution in [2.24, 2.45) is 0 Å². The van der Waals surface area contributed by atoms with E-state index in [2.05, 4.69) is 43.0 Å². The highest BCUT2D eigenvalue weighted by atomic mass is 35.5. The first-order valence-electron chi connectivity index (χ1n) is 7.79. The van der Waals surface area contributed by atoms with Gasteiger partial charge in [0.2, 0.25) is 0 Å². The molecule has 1 heterocycles. The van der Waals surface area contributed by atoms with Gasteiger partial charge in [0, 0.05) is 19.1 Å². The van der Waals surface area contributed by atoms with E-state index >= 15 is 0 Å². The van der Waals surface area contributed by atoms with Crippen molar-refractivity contribution in [2.75, 3.05) is 0 Å². The molecule has 0 spiro atoms. The van der Waals surface area contributed by atoms with Crippen LogP contribution in [-0.4, -0.2) is 10.9 Å². The highest BCUT2D eigenvalue weighted by molar-refractivity contribution is 6.42. The van der Waals surface area contributed by atoms with Gasteiger partial charge in [0.05, 0.1) is 10.0 Å². The Kier molecular flexibility index (Phi) is 4.77. The van der Waals surface area contributed by atoms with Crippen LogP contribution >= 0.6 is 23.2 Å². The van der Waals surface area contributed by atoms with E-state index < -0.39 is 0 Å². The van der Waals surface area contributed by atoms with Crippen molar-refractivity contribution in [3.63, 3.8) is 0 Å². The first kappa shape index (κ1) is 15.9. The van der Waals surface area contributed by atoms with Gasteiger partial charge in [-0.2, -0.15) is 0 Å². The first-order valence-corrected chi connectivity index (χ1v) is 8.55. The fourth-order valence-corrected chi connectivity index (χ4v) is 3.44. The average molecular weight is 334 g/mol. The molecular weight excluding hydrogens is 313 g/mol. The Balaban J connectivity index is 1.59. The quantitative estimate of drug-likeness (QED) is 0.699. The predicted octanol–water partition coefficient (Wildman–Crippen LogP) is 5.64. The van der Waals surface area contributed by atoms with Crippen LogP contribution < -0.4 is 0 Å². The molecule has 0 N–H and O–H groups in total. The minimum atomic E-state index is 0.558. The second-order valence-electron chi connectivity index (χ2n) is 6.31. The number of fused-ring (bicyclic) bond motifs is 1. The molecular formula is C19H21Cl2N. The van der Waals surface area contributed by atoms with Gasteiger partial charge in [-0.3, -0.25) is 4.90 Å². The van der Waals surface area contributed by atoms with Crippen LogP contribution in [0.3, 0.4) is 0 Å². The van der Waals surface area contributed by atoms with E-state index in [4.69, 9.17) is 23.2 Å². The van der Waals surface area contributed by atoms with Gasteiger partial charge in [-0.25, -0.2) is 0 Å². The lowest BCUT2D eigenvalue weighted by molar-refractivity contribution is 0.203. The Hall–Kier alpha value is -1.02. The summed E-state index contributed by atoms with van der Waals surface area (Å²) in [6.45, 7) is 6.62. The Bertz CT molecular complexity index is 681. The second-order valence-corrected chi connectivity index (χ2v) is 7.13. The van der Waals surface area contributed by atoms with Gasteiger partial charge < -0.3 is 0 Å². The van der Waals surface area contributed by atoms with Crippen molar-refractivity contribution in [1.82, 2.24) is 4.90 Å². The summed E-state index contributed by atoms with van der Waals surface area (Å²) in [5, 5.41) is 1.28. The lowest BCUT2D eigenvalue weighted by atomic mass is 10.1. The van der Waals surface area contributed by atoms with E-state index in [0.717, 1.165) is 25.9 Å². The van der Waals surface area contributed by atoms with Gasteiger partial charge in [-0.15, -0.1) is 0 Å². The van der Waals surface area contributed by atoms with Gasteiger partial charge in [0.15, 0.2) is 0 Å². The molecule has 3 rings (SSSR count). The molecule has 0 bridgehead atoms. The molecule has 1 aliphatic rings. The van der Waals surface area contributed by atoms with Crippen molar-refractivity contribution >= 4 is 23.2 Å². The van der Waals surface area contributed by atoms with Crippen LogP contribution in [0.4, 0.5) is 0 Å². The summed E-state index contributed by atoms with van der Waals surface area (Å²) in [5.41, 5.74) is 5.58. The molecule has 0 aromatic heterocycles. The van der Waals surface area contributed by atoms with Crippen molar-refractivity contribution < 1.29 is 0 Å². The summed E-state index contributed by atoms with van der Waals surface area (Å²) in [7, 11) is 0. The summed E-state index contributed by atoms with van der Waals surface area (Å²) < 4.78 is 0. The minimum Gasteiger partial charge on any atom is -0.292 e. The van der Waals surface area contributed by atoms with Crippen LogP contribution in [0.25, 0.3) is 0 Å². The van der Waals surface area contributed by atoms with Crippen LogP contribution in [0, 0.1) is 6.92 Å². The van der Waals surface area contributed by atoms with Gasteiger partial charge in [0.25, 0.3) is 0 Å². The van der Waals surface area contributed by atoms with E-state index in [9.17, 15) is 0 Å². The van der Waals surface area contributed by atoms with E-state index in [0.29, 0.717) is 16.1 Å². The molecule has 0 fully saturated rings. The van der Waals surface area contributed by atoms with E-state index in [-0.39, 0.29) is 0 Å². The van der Waals surface area contributed by atoms with Crippen LogP contribution in [0.15, 0.2) is 36.4 Å². The van der Waals surface area contributed by atoms with E-state index in [1.54, 1.807) is 0 Å². The van der Waals surface area contributed by atoms with Gasteiger partial charge in [-0.05, 0) is 55.5 Å². The van der Waals surface area contributed by atoms with Gasteiger partial charge in [-0.1, -0.05) is 53.0 Å². The summed E-state index contributed by atoms with van der Waals surface area (Å²) in [6, 6.07) is 13.3. The molecule has 0 aliphatic carbocycles. The monoisotopic (exact) mass is 333 g/mol. The maximum Gasteiger partial charge on any atom is 0.0595 e. The normalized spacial score (nSPS) is 15.8. The number of hydrogen-bond donors (Lipinski definition) is 0. The van der Waals surface area contributed by atoms with Crippen molar-refractivity contribution in [3.05, 3.63) is 68.7 Å². The Labute approximate surface area is 142 Å². The molecule has 0 radical (unpaired) electrons. The summed E-state index contributed by atoms with van der Waals surface area (Å²) >= 11 is 12.1.